The maximum Gasteiger partial charge on any atom is 0.0473 e. The lowest BCUT2D eigenvalue weighted by atomic mass is 9.90. The zero-order chi connectivity index (χ0) is 13.3. The Morgan fingerprint density at radius 2 is 2.00 bits per heavy atom. The van der Waals surface area contributed by atoms with Crippen molar-refractivity contribution in [2.45, 2.75) is 32.7 Å². The standard InChI is InChI=1S/C17H26N2/c1-14(2)17(8-9-17)13-19-11-10-18-12-16(19)15-6-4-3-5-7-15/h3-7,14,16,18H,8-13H2,1-2H3. The third kappa shape index (κ3) is 2.70. The number of hydrogen-bond acceptors (Lipinski definition) is 2. The van der Waals surface area contributed by atoms with E-state index in [1.807, 2.05) is 0 Å². The Kier molecular flexibility index (Phi) is 3.64. The van der Waals surface area contributed by atoms with Gasteiger partial charge in [-0.1, -0.05) is 44.2 Å². The lowest BCUT2D eigenvalue weighted by Gasteiger charge is -2.39. The molecule has 1 N–H and O–H groups in total. The molecule has 1 aromatic rings. The van der Waals surface area contributed by atoms with E-state index in [1.54, 1.807) is 0 Å². The zero-order valence-corrected chi connectivity index (χ0v) is 12.2. The molecular formula is C17H26N2. The summed E-state index contributed by atoms with van der Waals surface area (Å²) in [6.45, 7) is 9.50. The van der Waals surface area contributed by atoms with E-state index in [0.29, 0.717) is 11.5 Å². The van der Waals surface area contributed by atoms with E-state index in [0.717, 1.165) is 19.0 Å². The Morgan fingerprint density at radius 1 is 1.26 bits per heavy atom. The smallest absolute Gasteiger partial charge is 0.0473 e. The quantitative estimate of drug-likeness (QED) is 0.893. The predicted octanol–water partition coefficient (Wildman–Crippen LogP) is 3.07. The van der Waals surface area contributed by atoms with E-state index >= 15 is 0 Å². The van der Waals surface area contributed by atoms with Crippen LogP contribution in [0, 0.1) is 11.3 Å². The van der Waals surface area contributed by atoms with Crippen molar-refractivity contribution in [2.24, 2.45) is 11.3 Å². The third-order valence-electron chi connectivity index (χ3n) is 5.17. The highest BCUT2D eigenvalue weighted by Crippen LogP contribution is 2.53. The summed E-state index contributed by atoms with van der Waals surface area (Å²) in [7, 11) is 0. The first-order chi connectivity index (χ1) is 9.21. The largest absolute Gasteiger partial charge is 0.314 e. The van der Waals surface area contributed by atoms with Crippen LogP contribution in [0.2, 0.25) is 0 Å². The number of hydrogen-bond donors (Lipinski definition) is 1. The van der Waals surface area contributed by atoms with Crippen molar-refractivity contribution in [1.82, 2.24) is 10.2 Å². The minimum Gasteiger partial charge on any atom is -0.314 e. The van der Waals surface area contributed by atoms with Gasteiger partial charge in [-0.3, -0.25) is 4.90 Å². The van der Waals surface area contributed by atoms with Crippen molar-refractivity contribution in [1.29, 1.82) is 0 Å². The van der Waals surface area contributed by atoms with Crippen molar-refractivity contribution in [3.05, 3.63) is 35.9 Å². The summed E-state index contributed by atoms with van der Waals surface area (Å²) in [5.74, 6) is 0.818. The van der Waals surface area contributed by atoms with E-state index in [4.69, 9.17) is 0 Å². The van der Waals surface area contributed by atoms with Gasteiger partial charge in [0.25, 0.3) is 0 Å². The van der Waals surface area contributed by atoms with Crippen LogP contribution in [-0.4, -0.2) is 31.1 Å². The summed E-state index contributed by atoms with van der Waals surface area (Å²) in [5.41, 5.74) is 2.08. The van der Waals surface area contributed by atoms with Gasteiger partial charge in [0.1, 0.15) is 0 Å². The van der Waals surface area contributed by atoms with Crippen molar-refractivity contribution < 1.29 is 0 Å². The van der Waals surface area contributed by atoms with E-state index in [1.165, 1.54) is 31.5 Å². The summed E-state index contributed by atoms with van der Waals surface area (Å²) in [4.78, 5) is 2.72. The molecule has 0 aromatic heterocycles. The molecule has 2 fully saturated rings. The minimum atomic E-state index is 0.561. The molecule has 1 saturated carbocycles. The Hall–Kier alpha value is -0.860. The summed E-state index contributed by atoms with van der Waals surface area (Å²) in [6.07, 6.45) is 2.85. The van der Waals surface area contributed by atoms with Crippen LogP contribution in [0.1, 0.15) is 38.3 Å². The van der Waals surface area contributed by atoms with Gasteiger partial charge < -0.3 is 5.32 Å². The van der Waals surface area contributed by atoms with Gasteiger partial charge in [-0.15, -0.1) is 0 Å². The second-order valence-corrected chi connectivity index (χ2v) is 6.62. The van der Waals surface area contributed by atoms with Crippen LogP contribution in [0.5, 0.6) is 0 Å². The molecule has 2 heteroatoms. The second-order valence-electron chi connectivity index (χ2n) is 6.62. The molecule has 0 radical (unpaired) electrons. The Balaban J connectivity index is 1.75. The van der Waals surface area contributed by atoms with Gasteiger partial charge in [-0.05, 0) is 29.7 Å². The average Bonchev–Trinajstić information content (AvgIpc) is 3.21. The first kappa shape index (κ1) is 13.1. The van der Waals surface area contributed by atoms with Crippen LogP contribution < -0.4 is 5.32 Å². The molecule has 2 nitrogen and oxygen atoms in total. The van der Waals surface area contributed by atoms with Gasteiger partial charge in [-0.2, -0.15) is 0 Å². The van der Waals surface area contributed by atoms with Gasteiger partial charge in [0.05, 0.1) is 0 Å². The van der Waals surface area contributed by atoms with Gasteiger partial charge in [0, 0.05) is 32.2 Å². The number of piperazine rings is 1. The van der Waals surface area contributed by atoms with Crippen molar-refractivity contribution in [2.75, 3.05) is 26.2 Å². The molecule has 19 heavy (non-hydrogen) atoms. The molecule has 0 amide bonds. The van der Waals surface area contributed by atoms with E-state index < -0.39 is 0 Å². The lowest BCUT2D eigenvalue weighted by molar-refractivity contribution is 0.112. The Morgan fingerprint density at radius 3 is 2.63 bits per heavy atom. The average molecular weight is 258 g/mol. The molecule has 0 spiro atoms. The van der Waals surface area contributed by atoms with Crippen LogP contribution in [0.4, 0.5) is 0 Å². The highest BCUT2D eigenvalue weighted by atomic mass is 15.2. The third-order valence-corrected chi connectivity index (χ3v) is 5.17. The van der Waals surface area contributed by atoms with Gasteiger partial charge in [0.15, 0.2) is 0 Å². The molecule has 1 heterocycles. The lowest BCUT2D eigenvalue weighted by Crippen LogP contribution is -2.48. The summed E-state index contributed by atoms with van der Waals surface area (Å²) in [5, 5.41) is 3.56. The molecule has 1 aliphatic heterocycles. The maximum absolute atomic E-state index is 3.56. The van der Waals surface area contributed by atoms with Crippen LogP contribution >= 0.6 is 0 Å². The van der Waals surface area contributed by atoms with Gasteiger partial charge in [0.2, 0.25) is 0 Å². The predicted molar refractivity (Wildman–Crippen MR) is 80.1 cm³/mol. The molecule has 2 aliphatic rings. The monoisotopic (exact) mass is 258 g/mol. The number of nitrogens with zero attached hydrogens (tertiary/aromatic N) is 1. The fourth-order valence-corrected chi connectivity index (χ4v) is 3.42. The highest BCUT2D eigenvalue weighted by Gasteiger charge is 2.47. The van der Waals surface area contributed by atoms with Crippen LogP contribution in [-0.2, 0) is 0 Å². The number of nitrogens with one attached hydrogen (secondary N) is 1. The molecule has 1 saturated heterocycles. The Bertz CT molecular complexity index is 409. The molecule has 1 unspecified atom stereocenters. The van der Waals surface area contributed by atoms with Crippen molar-refractivity contribution >= 4 is 0 Å². The van der Waals surface area contributed by atoms with Gasteiger partial charge in [-0.25, -0.2) is 0 Å². The first-order valence-corrected chi connectivity index (χ1v) is 7.71. The normalized spacial score (nSPS) is 26.6. The summed E-state index contributed by atoms with van der Waals surface area (Å²) >= 11 is 0. The van der Waals surface area contributed by atoms with Crippen LogP contribution in [0.3, 0.4) is 0 Å². The van der Waals surface area contributed by atoms with Crippen molar-refractivity contribution in [3.8, 4) is 0 Å². The first-order valence-electron chi connectivity index (χ1n) is 7.71. The van der Waals surface area contributed by atoms with Gasteiger partial charge >= 0.3 is 0 Å². The highest BCUT2D eigenvalue weighted by molar-refractivity contribution is 5.20. The van der Waals surface area contributed by atoms with E-state index in [2.05, 4.69) is 54.4 Å². The molecule has 1 aromatic carbocycles. The molecule has 0 bridgehead atoms. The summed E-state index contributed by atoms with van der Waals surface area (Å²) < 4.78 is 0. The molecule has 1 aliphatic carbocycles. The molecule has 3 rings (SSSR count). The van der Waals surface area contributed by atoms with Crippen molar-refractivity contribution in [3.63, 3.8) is 0 Å². The molecular weight excluding hydrogens is 232 g/mol. The SMILES string of the molecule is CC(C)C1(CN2CCNCC2c2ccccc2)CC1. The topological polar surface area (TPSA) is 15.3 Å². The van der Waals surface area contributed by atoms with E-state index in [-0.39, 0.29) is 0 Å². The summed E-state index contributed by atoms with van der Waals surface area (Å²) in [6, 6.07) is 11.6. The fraction of sp³-hybridized carbons (Fsp3) is 0.647. The van der Waals surface area contributed by atoms with Crippen LogP contribution in [0.15, 0.2) is 30.3 Å². The van der Waals surface area contributed by atoms with Crippen LogP contribution in [0.25, 0.3) is 0 Å². The molecule has 104 valence electrons. The number of rotatable bonds is 4. The van der Waals surface area contributed by atoms with E-state index in [9.17, 15) is 0 Å². The molecule has 1 atom stereocenters. The zero-order valence-electron chi connectivity index (χ0n) is 12.2. The second kappa shape index (κ2) is 5.26. The minimum absolute atomic E-state index is 0.561. The maximum atomic E-state index is 3.56. The fourth-order valence-electron chi connectivity index (χ4n) is 3.42. The number of benzene rings is 1. The Labute approximate surface area is 117 Å².